The molecule has 1 aliphatic rings. The summed E-state index contributed by atoms with van der Waals surface area (Å²) >= 11 is 5.99. The molecule has 0 spiro atoms. The molecule has 0 radical (unpaired) electrons. The van der Waals surface area contributed by atoms with Crippen molar-refractivity contribution < 1.29 is 4.79 Å². The van der Waals surface area contributed by atoms with Crippen LogP contribution in [-0.4, -0.2) is 37.0 Å². The van der Waals surface area contributed by atoms with Gasteiger partial charge in [0.05, 0.1) is 0 Å². The molecule has 0 unspecified atom stereocenters. The SMILES string of the molecule is CC(C)c1ccc(N2CCN(C(=O)c3cccc(Cl)c3)CC2)cc1. The van der Waals surface area contributed by atoms with Crippen molar-refractivity contribution in [2.75, 3.05) is 31.1 Å². The summed E-state index contributed by atoms with van der Waals surface area (Å²) in [6.45, 7) is 7.58. The first kappa shape index (κ1) is 16.8. The molecule has 2 aromatic carbocycles. The smallest absolute Gasteiger partial charge is 0.254 e. The highest BCUT2D eigenvalue weighted by Crippen LogP contribution is 2.22. The Morgan fingerprint density at radius 2 is 1.67 bits per heavy atom. The zero-order valence-corrected chi connectivity index (χ0v) is 15.0. The van der Waals surface area contributed by atoms with Crippen LogP contribution in [0.5, 0.6) is 0 Å². The van der Waals surface area contributed by atoms with Crippen molar-refractivity contribution in [1.82, 2.24) is 4.90 Å². The first-order valence-corrected chi connectivity index (χ1v) is 8.82. The Balaban J connectivity index is 1.62. The van der Waals surface area contributed by atoms with E-state index in [0.29, 0.717) is 16.5 Å². The van der Waals surface area contributed by atoms with Crippen molar-refractivity contribution in [3.63, 3.8) is 0 Å². The molecule has 126 valence electrons. The van der Waals surface area contributed by atoms with Gasteiger partial charge in [-0.15, -0.1) is 0 Å². The summed E-state index contributed by atoms with van der Waals surface area (Å²) in [4.78, 5) is 16.8. The van der Waals surface area contributed by atoms with Crippen LogP contribution in [0.3, 0.4) is 0 Å². The number of anilines is 1. The molecule has 1 aliphatic heterocycles. The van der Waals surface area contributed by atoms with E-state index in [-0.39, 0.29) is 5.91 Å². The fourth-order valence-corrected chi connectivity index (χ4v) is 3.23. The lowest BCUT2D eigenvalue weighted by Crippen LogP contribution is -2.48. The third-order valence-corrected chi connectivity index (χ3v) is 4.80. The number of carbonyl (C=O) groups excluding carboxylic acids is 1. The quantitative estimate of drug-likeness (QED) is 0.824. The van der Waals surface area contributed by atoms with Gasteiger partial charge in [0, 0.05) is 42.5 Å². The molecule has 0 aliphatic carbocycles. The molecule has 0 N–H and O–H groups in total. The molecule has 0 aromatic heterocycles. The molecule has 4 heteroatoms. The van der Waals surface area contributed by atoms with Gasteiger partial charge < -0.3 is 9.80 Å². The summed E-state index contributed by atoms with van der Waals surface area (Å²) < 4.78 is 0. The molecule has 0 atom stereocenters. The van der Waals surface area contributed by atoms with Crippen LogP contribution in [0.15, 0.2) is 48.5 Å². The third kappa shape index (κ3) is 3.73. The van der Waals surface area contributed by atoms with Crippen LogP contribution in [0.2, 0.25) is 5.02 Å². The van der Waals surface area contributed by atoms with Crippen molar-refractivity contribution in [2.24, 2.45) is 0 Å². The lowest BCUT2D eigenvalue weighted by molar-refractivity contribution is 0.0747. The second-order valence-electron chi connectivity index (χ2n) is 6.54. The third-order valence-electron chi connectivity index (χ3n) is 4.56. The summed E-state index contributed by atoms with van der Waals surface area (Å²) in [6.07, 6.45) is 0. The normalized spacial score (nSPS) is 15.0. The van der Waals surface area contributed by atoms with Crippen LogP contribution in [0, 0.1) is 0 Å². The molecular weight excluding hydrogens is 320 g/mol. The topological polar surface area (TPSA) is 23.6 Å². The Morgan fingerprint density at radius 3 is 2.25 bits per heavy atom. The molecule has 1 heterocycles. The highest BCUT2D eigenvalue weighted by atomic mass is 35.5. The van der Waals surface area contributed by atoms with Gasteiger partial charge in [-0.3, -0.25) is 4.79 Å². The first-order chi connectivity index (χ1) is 11.5. The summed E-state index contributed by atoms with van der Waals surface area (Å²) in [6, 6.07) is 15.9. The standard InChI is InChI=1S/C20H23ClN2O/c1-15(2)16-6-8-19(9-7-16)22-10-12-23(13-11-22)20(24)17-4-3-5-18(21)14-17/h3-9,14-15H,10-13H2,1-2H3. The van der Waals surface area contributed by atoms with Crippen molar-refractivity contribution >= 4 is 23.2 Å². The number of rotatable bonds is 3. The van der Waals surface area contributed by atoms with Crippen LogP contribution >= 0.6 is 11.6 Å². The Hall–Kier alpha value is -2.00. The average Bonchev–Trinajstić information content (AvgIpc) is 2.61. The van der Waals surface area contributed by atoms with Crippen LogP contribution < -0.4 is 4.90 Å². The highest BCUT2D eigenvalue weighted by Gasteiger charge is 2.22. The zero-order chi connectivity index (χ0) is 17.1. The van der Waals surface area contributed by atoms with Gasteiger partial charge in [-0.25, -0.2) is 0 Å². The second-order valence-corrected chi connectivity index (χ2v) is 6.97. The number of nitrogens with zero attached hydrogens (tertiary/aromatic N) is 2. The maximum atomic E-state index is 12.6. The number of hydrogen-bond donors (Lipinski definition) is 0. The average molecular weight is 343 g/mol. The first-order valence-electron chi connectivity index (χ1n) is 8.44. The summed E-state index contributed by atoms with van der Waals surface area (Å²) in [5.74, 6) is 0.610. The van der Waals surface area contributed by atoms with E-state index in [1.807, 2.05) is 17.0 Å². The predicted molar refractivity (Wildman–Crippen MR) is 100 cm³/mol. The van der Waals surface area contributed by atoms with Crippen LogP contribution in [0.1, 0.15) is 35.7 Å². The number of amides is 1. The Bertz CT molecular complexity index is 704. The molecule has 3 rings (SSSR count). The fraction of sp³-hybridized carbons (Fsp3) is 0.350. The molecular formula is C20H23ClN2O. The van der Waals surface area contributed by atoms with Gasteiger partial charge in [-0.2, -0.15) is 0 Å². The van der Waals surface area contributed by atoms with Gasteiger partial charge in [0.15, 0.2) is 0 Å². The number of carbonyl (C=O) groups is 1. The van der Waals surface area contributed by atoms with Gasteiger partial charge in [0.1, 0.15) is 0 Å². The number of hydrogen-bond acceptors (Lipinski definition) is 2. The maximum absolute atomic E-state index is 12.6. The monoisotopic (exact) mass is 342 g/mol. The van der Waals surface area contributed by atoms with Crippen LogP contribution in [0.25, 0.3) is 0 Å². The molecule has 1 fully saturated rings. The molecule has 24 heavy (non-hydrogen) atoms. The van der Waals surface area contributed by atoms with Crippen LogP contribution in [0.4, 0.5) is 5.69 Å². The second kappa shape index (κ2) is 7.27. The lowest BCUT2D eigenvalue weighted by atomic mass is 10.0. The van der Waals surface area contributed by atoms with E-state index in [2.05, 4.69) is 43.0 Å². The molecule has 1 amide bonds. The highest BCUT2D eigenvalue weighted by molar-refractivity contribution is 6.30. The van der Waals surface area contributed by atoms with Gasteiger partial charge in [0.25, 0.3) is 5.91 Å². The van der Waals surface area contributed by atoms with E-state index in [1.165, 1.54) is 11.3 Å². The maximum Gasteiger partial charge on any atom is 0.254 e. The summed E-state index contributed by atoms with van der Waals surface area (Å²) in [7, 11) is 0. The van der Waals surface area contributed by atoms with Crippen molar-refractivity contribution in [3.05, 3.63) is 64.7 Å². The molecule has 3 nitrogen and oxygen atoms in total. The van der Waals surface area contributed by atoms with E-state index in [0.717, 1.165) is 26.2 Å². The molecule has 2 aromatic rings. The minimum atomic E-state index is 0.0623. The van der Waals surface area contributed by atoms with Crippen molar-refractivity contribution in [2.45, 2.75) is 19.8 Å². The Morgan fingerprint density at radius 1 is 1.00 bits per heavy atom. The summed E-state index contributed by atoms with van der Waals surface area (Å²) in [5.41, 5.74) is 3.25. The zero-order valence-electron chi connectivity index (χ0n) is 14.2. The lowest BCUT2D eigenvalue weighted by Gasteiger charge is -2.36. The Kier molecular flexibility index (Phi) is 5.10. The van der Waals surface area contributed by atoms with E-state index in [4.69, 9.17) is 11.6 Å². The van der Waals surface area contributed by atoms with E-state index in [1.54, 1.807) is 12.1 Å². The minimum Gasteiger partial charge on any atom is -0.368 e. The van der Waals surface area contributed by atoms with Crippen LogP contribution in [-0.2, 0) is 0 Å². The summed E-state index contributed by atoms with van der Waals surface area (Å²) in [5, 5.41) is 0.602. The molecule has 0 saturated carbocycles. The van der Waals surface area contributed by atoms with Gasteiger partial charge in [-0.1, -0.05) is 43.6 Å². The number of halogens is 1. The van der Waals surface area contributed by atoms with Gasteiger partial charge >= 0.3 is 0 Å². The van der Waals surface area contributed by atoms with Crippen molar-refractivity contribution in [1.29, 1.82) is 0 Å². The predicted octanol–water partition coefficient (Wildman–Crippen LogP) is 4.43. The number of piperazine rings is 1. The molecule has 0 bridgehead atoms. The van der Waals surface area contributed by atoms with E-state index < -0.39 is 0 Å². The minimum absolute atomic E-state index is 0.0623. The fourth-order valence-electron chi connectivity index (χ4n) is 3.04. The van der Waals surface area contributed by atoms with E-state index >= 15 is 0 Å². The largest absolute Gasteiger partial charge is 0.368 e. The molecule has 1 saturated heterocycles. The van der Waals surface area contributed by atoms with Crippen molar-refractivity contribution in [3.8, 4) is 0 Å². The van der Waals surface area contributed by atoms with E-state index in [9.17, 15) is 4.79 Å². The Labute approximate surface area is 148 Å². The van der Waals surface area contributed by atoms with Gasteiger partial charge in [-0.05, 0) is 41.8 Å². The van der Waals surface area contributed by atoms with Gasteiger partial charge in [0.2, 0.25) is 0 Å². The number of benzene rings is 2.